The molecule has 0 aromatic heterocycles. The lowest BCUT2D eigenvalue weighted by Crippen LogP contribution is -2.38. The fourth-order valence-corrected chi connectivity index (χ4v) is 2.58. The lowest BCUT2D eigenvalue weighted by Gasteiger charge is -2.22. The molecule has 118 valence electrons. The van der Waals surface area contributed by atoms with Gasteiger partial charge in [0, 0.05) is 24.6 Å². The third-order valence-corrected chi connectivity index (χ3v) is 3.80. The number of rotatable bonds is 11. The van der Waals surface area contributed by atoms with Gasteiger partial charge < -0.3 is 5.11 Å². The summed E-state index contributed by atoms with van der Waals surface area (Å²) in [6.45, 7) is 1.91. The molecule has 1 unspecified atom stereocenters. The van der Waals surface area contributed by atoms with Crippen molar-refractivity contribution in [3.05, 3.63) is 12.2 Å². The highest BCUT2D eigenvalue weighted by Crippen LogP contribution is 2.16. The Kier molecular flexibility index (Phi) is 7.72. The third kappa shape index (κ3) is 6.56. The Morgan fingerprint density at radius 1 is 1.00 bits per heavy atom. The van der Waals surface area contributed by atoms with E-state index in [0.717, 1.165) is 51.4 Å². The van der Waals surface area contributed by atoms with E-state index in [1.165, 1.54) is 17.1 Å². The van der Waals surface area contributed by atoms with Crippen molar-refractivity contribution < 1.29 is 19.5 Å². The van der Waals surface area contributed by atoms with Gasteiger partial charge in [-0.05, 0) is 19.8 Å². The average molecular weight is 295 g/mol. The number of imide groups is 1. The number of aliphatic carboxylic acids is 1. The molecule has 21 heavy (non-hydrogen) atoms. The van der Waals surface area contributed by atoms with Crippen LogP contribution >= 0.6 is 0 Å². The first kappa shape index (κ1) is 17.4. The van der Waals surface area contributed by atoms with Gasteiger partial charge in [-0.3, -0.25) is 19.3 Å². The largest absolute Gasteiger partial charge is 0.481 e. The van der Waals surface area contributed by atoms with Crippen molar-refractivity contribution in [1.82, 2.24) is 4.90 Å². The molecule has 0 fully saturated rings. The summed E-state index contributed by atoms with van der Waals surface area (Å²) in [7, 11) is 0. The van der Waals surface area contributed by atoms with E-state index < -0.39 is 5.97 Å². The van der Waals surface area contributed by atoms with Crippen LogP contribution in [0.4, 0.5) is 0 Å². The number of carbonyl (C=O) groups excluding carboxylic acids is 2. The van der Waals surface area contributed by atoms with E-state index in [1.54, 1.807) is 0 Å². The number of unbranched alkanes of at least 4 members (excludes halogenated alkanes) is 6. The third-order valence-electron chi connectivity index (χ3n) is 3.80. The Bertz CT molecular complexity index is 385. The molecule has 1 atom stereocenters. The zero-order valence-corrected chi connectivity index (χ0v) is 12.7. The van der Waals surface area contributed by atoms with Crippen LogP contribution in [0.25, 0.3) is 0 Å². The first-order valence-electron chi connectivity index (χ1n) is 7.79. The number of amides is 2. The minimum Gasteiger partial charge on any atom is -0.481 e. The molecule has 2 amide bonds. The topological polar surface area (TPSA) is 74.7 Å². The molecule has 1 aliphatic heterocycles. The number of carbonyl (C=O) groups is 3. The number of hydrogen-bond donors (Lipinski definition) is 1. The van der Waals surface area contributed by atoms with Crippen LogP contribution in [0.2, 0.25) is 0 Å². The fourth-order valence-electron chi connectivity index (χ4n) is 2.58. The fraction of sp³-hybridized carbons (Fsp3) is 0.688. The second kappa shape index (κ2) is 9.32. The van der Waals surface area contributed by atoms with Crippen molar-refractivity contribution in [3.63, 3.8) is 0 Å². The summed E-state index contributed by atoms with van der Waals surface area (Å²) in [4.78, 5) is 34.6. The van der Waals surface area contributed by atoms with Crippen LogP contribution in [0.5, 0.6) is 0 Å². The molecule has 0 aromatic carbocycles. The zero-order valence-electron chi connectivity index (χ0n) is 12.7. The van der Waals surface area contributed by atoms with Crippen LogP contribution in [-0.4, -0.2) is 33.8 Å². The molecule has 1 heterocycles. The number of carboxylic acid groups (broad SMARTS) is 1. The minimum absolute atomic E-state index is 0.0319. The van der Waals surface area contributed by atoms with Crippen LogP contribution in [-0.2, 0) is 14.4 Å². The zero-order chi connectivity index (χ0) is 15.7. The van der Waals surface area contributed by atoms with E-state index in [9.17, 15) is 14.4 Å². The van der Waals surface area contributed by atoms with Crippen LogP contribution in [0.3, 0.4) is 0 Å². The van der Waals surface area contributed by atoms with Crippen LogP contribution in [0.1, 0.15) is 64.7 Å². The van der Waals surface area contributed by atoms with E-state index in [2.05, 4.69) is 0 Å². The van der Waals surface area contributed by atoms with Crippen molar-refractivity contribution in [2.24, 2.45) is 0 Å². The molecule has 5 heteroatoms. The van der Waals surface area contributed by atoms with Gasteiger partial charge in [-0.2, -0.15) is 0 Å². The summed E-state index contributed by atoms with van der Waals surface area (Å²) in [5.41, 5.74) is 0. The van der Waals surface area contributed by atoms with Crippen LogP contribution in [0, 0.1) is 0 Å². The monoisotopic (exact) mass is 295 g/mol. The summed E-state index contributed by atoms with van der Waals surface area (Å²) >= 11 is 0. The van der Waals surface area contributed by atoms with Gasteiger partial charge in [-0.15, -0.1) is 0 Å². The average Bonchev–Trinajstić information content (AvgIpc) is 2.75. The van der Waals surface area contributed by atoms with Crippen molar-refractivity contribution in [2.45, 2.75) is 70.8 Å². The first-order valence-corrected chi connectivity index (χ1v) is 7.79. The summed E-state index contributed by atoms with van der Waals surface area (Å²) in [6, 6.07) is -0.0319. The standard InChI is InChI=1S/C16H25NO4/c1-13(17-14(18)11-12-15(17)19)9-7-5-3-2-4-6-8-10-16(20)21/h11-13H,2-10H2,1H3,(H,20,21). The van der Waals surface area contributed by atoms with Gasteiger partial charge in [0.25, 0.3) is 11.8 Å². The van der Waals surface area contributed by atoms with E-state index >= 15 is 0 Å². The van der Waals surface area contributed by atoms with E-state index in [-0.39, 0.29) is 24.3 Å². The second-order valence-corrected chi connectivity index (χ2v) is 5.64. The predicted octanol–water partition coefficient (Wildman–Crippen LogP) is 2.90. The Balaban J connectivity index is 1.98. The van der Waals surface area contributed by atoms with Crippen molar-refractivity contribution in [3.8, 4) is 0 Å². The highest BCUT2D eigenvalue weighted by Gasteiger charge is 2.27. The summed E-state index contributed by atoms with van der Waals surface area (Å²) in [6.07, 6.45) is 10.9. The Labute approximate surface area is 126 Å². The number of carboxylic acids is 1. The Hall–Kier alpha value is -1.65. The van der Waals surface area contributed by atoms with Gasteiger partial charge in [-0.1, -0.05) is 38.5 Å². The highest BCUT2D eigenvalue weighted by atomic mass is 16.4. The summed E-state index contributed by atoms with van der Waals surface area (Å²) < 4.78 is 0. The Morgan fingerprint density at radius 2 is 1.48 bits per heavy atom. The lowest BCUT2D eigenvalue weighted by molar-refractivity contribution is -0.139. The van der Waals surface area contributed by atoms with E-state index in [4.69, 9.17) is 5.11 Å². The molecule has 0 aliphatic carbocycles. The summed E-state index contributed by atoms with van der Waals surface area (Å²) in [5, 5.41) is 8.51. The molecule has 1 N–H and O–H groups in total. The molecule has 0 bridgehead atoms. The predicted molar refractivity (Wildman–Crippen MR) is 79.6 cm³/mol. The maximum atomic E-state index is 11.5. The van der Waals surface area contributed by atoms with Crippen LogP contribution < -0.4 is 0 Å². The SMILES string of the molecule is CC(CCCCCCCCCC(=O)O)N1C(=O)C=CC1=O. The van der Waals surface area contributed by atoms with Gasteiger partial charge in [0.2, 0.25) is 0 Å². The van der Waals surface area contributed by atoms with E-state index in [1.807, 2.05) is 6.92 Å². The maximum absolute atomic E-state index is 11.5. The Morgan fingerprint density at radius 3 is 2.00 bits per heavy atom. The lowest BCUT2D eigenvalue weighted by atomic mass is 10.0. The normalized spacial score (nSPS) is 15.8. The summed E-state index contributed by atoms with van der Waals surface area (Å²) in [5.74, 6) is -1.12. The van der Waals surface area contributed by atoms with Gasteiger partial charge in [0.15, 0.2) is 0 Å². The molecule has 5 nitrogen and oxygen atoms in total. The molecule has 0 saturated carbocycles. The molecule has 1 rings (SSSR count). The maximum Gasteiger partial charge on any atom is 0.303 e. The molecule has 0 aromatic rings. The van der Waals surface area contributed by atoms with Crippen molar-refractivity contribution in [1.29, 1.82) is 0 Å². The molecular formula is C16H25NO4. The van der Waals surface area contributed by atoms with Crippen LogP contribution in [0.15, 0.2) is 12.2 Å². The second-order valence-electron chi connectivity index (χ2n) is 5.64. The van der Waals surface area contributed by atoms with Gasteiger partial charge >= 0.3 is 5.97 Å². The van der Waals surface area contributed by atoms with Crippen molar-refractivity contribution >= 4 is 17.8 Å². The number of hydrogen-bond acceptors (Lipinski definition) is 3. The highest BCUT2D eigenvalue weighted by molar-refractivity contribution is 6.13. The molecule has 1 aliphatic rings. The quantitative estimate of drug-likeness (QED) is 0.470. The molecule has 0 radical (unpaired) electrons. The molecular weight excluding hydrogens is 270 g/mol. The first-order chi connectivity index (χ1) is 10.0. The minimum atomic E-state index is -0.718. The van der Waals surface area contributed by atoms with Gasteiger partial charge in [0.05, 0.1) is 0 Å². The van der Waals surface area contributed by atoms with Gasteiger partial charge in [0.1, 0.15) is 0 Å². The molecule has 0 saturated heterocycles. The molecule has 0 spiro atoms. The number of nitrogens with zero attached hydrogens (tertiary/aromatic N) is 1. The van der Waals surface area contributed by atoms with Crippen molar-refractivity contribution in [2.75, 3.05) is 0 Å². The smallest absolute Gasteiger partial charge is 0.303 e. The van der Waals surface area contributed by atoms with Gasteiger partial charge in [-0.25, -0.2) is 0 Å². The van der Waals surface area contributed by atoms with E-state index in [0.29, 0.717) is 0 Å².